The van der Waals surface area contributed by atoms with E-state index in [0.717, 1.165) is 0 Å². The zero-order chi connectivity index (χ0) is 13.7. The Morgan fingerprint density at radius 1 is 1.33 bits per heavy atom. The lowest BCUT2D eigenvalue weighted by molar-refractivity contribution is -0.131. The number of hydrogen-bond donors (Lipinski definition) is 2. The molecule has 0 amide bonds. The van der Waals surface area contributed by atoms with Crippen LogP contribution in [-0.4, -0.2) is 18.1 Å². The van der Waals surface area contributed by atoms with Crippen LogP contribution < -0.4 is 16.2 Å². The Bertz CT molecular complexity index is 502. The van der Waals surface area contributed by atoms with Crippen molar-refractivity contribution in [3.63, 3.8) is 0 Å². The molecule has 0 bridgehead atoms. The van der Waals surface area contributed by atoms with Gasteiger partial charge < -0.3 is 16.2 Å². The molecule has 96 valence electrons. The van der Waals surface area contributed by atoms with Gasteiger partial charge in [-0.1, -0.05) is 23.2 Å². The van der Waals surface area contributed by atoms with Gasteiger partial charge in [-0.3, -0.25) is 4.79 Å². The molecule has 6 nitrogen and oxygen atoms in total. The molecular weight excluding hydrogens is 279 g/mol. The molecule has 0 aliphatic rings. The van der Waals surface area contributed by atoms with Gasteiger partial charge in [0.2, 0.25) is 5.96 Å². The fourth-order valence-electron chi connectivity index (χ4n) is 1.06. The summed E-state index contributed by atoms with van der Waals surface area (Å²) >= 11 is 11.9. The highest BCUT2D eigenvalue weighted by Gasteiger charge is 2.08. The molecule has 0 unspecified atom stereocenters. The molecule has 0 heterocycles. The summed E-state index contributed by atoms with van der Waals surface area (Å²) in [6, 6.07) is 2.87. The SMILES string of the molecule is CC(=O)Oc1cc(Cl)c(/C=N\N=C(N)N)c(Cl)c1. The van der Waals surface area contributed by atoms with Gasteiger partial charge in [-0.05, 0) is 0 Å². The Labute approximate surface area is 113 Å². The third-order valence-corrected chi connectivity index (χ3v) is 2.30. The maximum absolute atomic E-state index is 10.8. The highest BCUT2D eigenvalue weighted by Crippen LogP contribution is 2.29. The van der Waals surface area contributed by atoms with E-state index in [2.05, 4.69) is 10.2 Å². The number of ether oxygens (including phenoxy) is 1. The molecule has 0 fully saturated rings. The summed E-state index contributed by atoms with van der Waals surface area (Å²) in [5, 5.41) is 7.52. The van der Waals surface area contributed by atoms with Crippen molar-refractivity contribution in [1.82, 2.24) is 0 Å². The van der Waals surface area contributed by atoms with Gasteiger partial charge in [0.1, 0.15) is 5.75 Å². The lowest BCUT2D eigenvalue weighted by Gasteiger charge is -2.05. The van der Waals surface area contributed by atoms with Crippen molar-refractivity contribution in [2.75, 3.05) is 0 Å². The minimum Gasteiger partial charge on any atom is -0.427 e. The topological polar surface area (TPSA) is 103 Å². The van der Waals surface area contributed by atoms with Gasteiger partial charge in [-0.2, -0.15) is 5.10 Å². The number of nitrogens with two attached hydrogens (primary N) is 2. The van der Waals surface area contributed by atoms with E-state index in [1.807, 2.05) is 0 Å². The van der Waals surface area contributed by atoms with Gasteiger partial charge in [-0.25, -0.2) is 0 Å². The first-order chi connectivity index (χ1) is 8.40. The number of rotatable bonds is 3. The summed E-state index contributed by atoms with van der Waals surface area (Å²) in [7, 11) is 0. The van der Waals surface area contributed by atoms with Crippen molar-refractivity contribution < 1.29 is 9.53 Å². The number of guanidine groups is 1. The number of carbonyl (C=O) groups is 1. The molecule has 0 aromatic heterocycles. The smallest absolute Gasteiger partial charge is 0.308 e. The number of carbonyl (C=O) groups excluding carboxylic acids is 1. The molecule has 0 radical (unpaired) electrons. The van der Waals surface area contributed by atoms with Gasteiger partial charge in [0.15, 0.2) is 0 Å². The molecule has 0 saturated heterocycles. The standard InChI is InChI=1S/C10H10Cl2N4O2/c1-5(17)18-6-2-8(11)7(9(12)3-6)4-15-16-10(13)14/h2-4H,1H3,(H4,13,14,16)/b15-4-. The Balaban J connectivity index is 3.05. The van der Waals surface area contributed by atoms with Crippen molar-refractivity contribution in [2.45, 2.75) is 6.92 Å². The second kappa shape index (κ2) is 6.23. The van der Waals surface area contributed by atoms with Gasteiger partial charge in [0.25, 0.3) is 0 Å². The molecular formula is C10H10Cl2N4O2. The molecule has 4 N–H and O–H groups in total. The lowest BCUT2D eigenvalue weighted by Crippen LogP contribution is -2.21. The minimum absolute atomic E-state index is 0.185. The lowest BCUT2D eigenvalue weighted by atomic mass is 10.2. The Hall–Kier alpha value is -1.79. The van der Waals surface area contributed by atoms with Crippen LogP contribution in [0.3, 0.4) is 0 Å². The Morgan fingerprint density at radius 2 is 1.89 bits per heavy atom. The van der Waals surface area contributed by atoms with Crippen molar-refractivity contribution in [3.8, 4) is 5.75 Å². The molecule has 18 heavy (non-hydrogen) atoms. The predicted octanol–water partition coefficient (Wildman–Crippen LogP) is 1.53. The molecule has 0 saturated carbocycles. The van der Waals surface area contributed by atoms with Gasteiger partial charge >= 0.3 is 5.97 Å². The fraction of sp³-hybridized carbons (Fsp3) is 0.100. The average Bonchev–Trinajstić information content (AvgIpc) is 2.20. The predicted molar refractivity (Wildman–Crippen MR) is 71.2 cm³/mol. The van der Waals surface area contributed by atoms with Crippen molar-refractivity contribution in [3.05, 3.63) is 27.7 Å². The number of hydrogen-bond acceptors (Lipinski definition) is 4. The molecule has 8 heteroatoms. The van der Waals surface area contributed by atoms with Crippen LogP contribution in [0.5, 0.6) is 5.75 Å². The number of benzene rings is 1. The van der Waals surface area contributed by atoms with E-state index in [1.165, 1.54) is 25.3 Å². The average molecular weight is 289 g/mol. The molecule has 1 rings (SSSR count). The third kappa shape index (κ3) is 4.23. The molecule has 0 aliphatic heterocycles. The van der Waals surface area contributed by atoms with Crippen LogP contribution in [0.1, 0.15) is 12.5 Å². The van der Waals surface area contributed by atoms with Gasteiger partial charge in [-0.15, -0.1) is 5.10 Å². The van der Waals surface area contributed by atoms with Crippen LogP contribution in [-0.2, 0) is 4.79 Å². The van der Waals surface area contributed by atoms with Gasteiger partial charge in [0.05, 0.1) is 16.3 Å². The monoisotopic (exact) mass is 288 g/mol. The van der Waals surface area contributed by atoms with E-state index < -0.39 is 5.97 Å². The van der Waals surface area contributed by atoms with Crippen LogP contribution in [0.15, 0.2) is 22.3 Å². The molecule has 0 spiro atoms. The maximum atomic E-state index is 10.8. The van der Waals surface area contributed by atoms with Crippen LogP contribution in [0.25, 0.3) is 0 Å². The molecule has 1 aromatic rings. The maximum Gasteiger partial charge on any atom is 0.308 e. The van der Waals surface area contributed by atoms with Crippen molar-refractivity contribution in [2.24, 2.45) is 21.7 Å². The molecule has 0 aliphatic carbocycles. The van der Waals surface area contributed by atoms with Crippen LogP contribution in [0.2, 0.25) is 10.0 Å². The van der Waals surface area contributed by atoms with E-state index in [-0.39, 0.29) is 21.8 Å². The van der Waals surface area contributed by atoms with E-state index in [1.54, 1.807) is 0 Å². The quantitative estimate of drug-likeness (QED) is 0.289. The minimum atomic E-state index is -0.468. The first-order valence-corrected chi connectivity index (χ1v) is 5.45. The normalized spacial score (nSPS) is 10.4. The Morgan fingerprint density at radius 3 is 2.33 bits per heavy atom. The Kier molecular flexibility index (Phi) is 4.94. The second-order valence-electron chi connectivity index (χ2n) is 3.16. The third-order valence-electron chi connectivity index (χ3n) is 1.67. The zero-order valence-electron chi connectivity index (χ0n) is 9.35. The number of halogens is 2. The first-order valence-electron chi connectivity index (χ1n) is 4.69. The van der Waals surface area contributed by atoms with Crippen molar-refractivity contribution in [1.29, 1.82) is 0 Å². The van der Waals surface area contributed by atoms with Crippen LogP contribution >= 0.6 is 23.2 Å². The summed E-state index contributed by atoms with van der Waals surface area (Å²) in [6.07, 6.45) is 1.29. The van der Waals surface area contributed by atoms with Gasteiger partial charge in [0, 0.05) is 24.6 Å². The zero-order valence-corrected chi connectivity index (χ0v) is 10.9. The molecule has 1 aromatic carbocycles. The largest absolute Gasteiger partial charge is 0.427 e. The van der Waals surface area contributed by atoms with E-state index in [9.17, 15) is 4.79 Å². The first kappa shape index (κ1) is 14.3. The second-order valence-corrected chi connectivity index (χ2v) is 3.98. The highest BCUT2D eigenvalue weighted by molar-refractivity contribution is 6.38. The van der Waals surface area contributed by atoms with Crippen molar-refractivity contribution >= 4 is 41.3 Å². The van der Waals surface area contributed by atoms with Crippen LogP contribution in [0.4, 0.5) is 0 Å². The summed E-state index contributed by atoms with van der Waals surface area (Å²) in [6.45, 7) is 1.27. The van der Waals surface area contributed by atoms with E-state index in [0.29, 0.717) is 5.56 Å². The fourth-order valence-corrected chi connectivity index (χ4v) is 1.63. The van der Waals surface area contributed by atoms with E-state index in [4.69, 9.17) is 39.4 Å². The highest BCUT2D eigenvalue weighted by atomic mass is 35.5. The summed E-state index contributed by atoms with van der Waals surface area (Å²) < 4.78 is 4.85. The van der Waals surface area contributed by atoms with Crippen LogP contribution in [0, 0.1) is 0 Å². The number of nitrogens with zero attached hydrogens (tertiary/aromatic N) is 2. The summed E-state index contributed by atoms with van der Waals surface area (Å²) in [5.74, 6) is -0.407. The number of esters is 1. The summed E-state index contributed by atoms with van der Waals surface area (Å²) in [5.41, 5.74) is 10.6. The molecule has 0 atom stereocenters. The van der Waals surface area contributed by atoms with E-state index >= 15 is 0 Å². The summed E-state index contributed by atoms with van der Waals surface area (Å²) in [4.78, 5) is 10.8.